The van der Waals surface area contributed by atoms with Crippen LogP contribution in [0.4, 0.5) is 5.69 Å². The summed E-state index contributed by atoms with van der Waals surface area (Å²) in [6, 6.07) is 6.30. The van der Waals surface area contributed by atoms with E-state index in [-0.39, 0.29) is 5.54 Å². The van der Waals surface area contributed by atoms with Gasteiger partial charge in [-0.25, -0.2) is 0 Å². The average Bonchev–Trinajstić information content (AvgIpc) is 2.21. The van der Waals surface area contributed by atoms with Crippen LogP contribution in [0.25, 0.3) is 0 Å². The summed E-state index contributed by atoms with van der Waals surface area (Å²) in [6.07, 6.45) is 1.03. The number of rotatable bonds is 3. The van der Waals surface area contributed by atoms with Crippen molar-refractivity contribution >= 4 is 23.0 Å². The molecule has 0 spiro atoms. The summed E-state index contributed by atoms with van der Waals surface area (Å²) < 4.78 is 0. The van der Waals surface area contributed by atoms with Crippen LogP contribution in [0.1, 0.15) is 38.3 Å². The van der Waals surface area contributed by atoms with Crippen molar-refractivity contribution in [1.82, 2.24) is 5.32 Å². The van der Waals surface area contributed by atoms with Gasteiger partial charge in [-0.2, -0.15) is 0 Å². The lowest BCUT2D eigenvalue weighted by Crippen LogP contribution is -2.44. The minimum absolute atomic E-state index is 0.0304. The summed E-state index contributed by atoms with van der Waals surface area (Å²) in [7, 11) is 0. The zero-order valence-electron chi connectivity index (χ0n) is 11.3. The van der Waals surface area contributed by atoms with Gasteiger partial charge in [0.15, 0.2) is 5.11 Å². The normalized spacial score (nSPS) is 11.1. The van der Waals surface area contributed by atoms with Gasteiger partial charge >= 0.3 is 0 Å². The first-order valence-electron chi connectivity index (χ1n) is 6.00. The van der Waals surface area contributed by atoms with E-state index in [1.165, 1.54) is 11.1 Å². The SMILES string of the molecule is CCC(C)(C)NC(=S)Nc1ccc(C)cc1C. The van der Waals surface area contributed by atoms with Crippen molar-refractivity contribution in [2.75, 3.05) is 5.32 Å². The van der Waals surface area contributed by atoms with Crippen LogP contribution in [0.5, 0.6) is 0 Å². The van der Waals surface area contributed by atoms with Crippen LogP contribution >= 0.6 is 12.2 Å². The minimum atomic E-state index is 0.0304. The van der Waals surface area contributed by atoms with Gasteiger partial charge < -0.3 is 10.6 Å². The van der Waals surface area contributed by atoms with Crippen molar-refractivity contribution in [3.63, 3.8) is 0 Å². The van der Waals surface area contributed by atoms with Gasteiger partial charge in [-0.05, 0) is 58.0 Å². The summed E-state index contributed by atoms with van der Waals surface area (Å²) in [5.74, 6) is 0. The van der Waals surface area contributed by atoms with Gasteiger partial charge in [0.2, 0.25) is 0 Å². The Labute approximate surface area is 110 Å². The summed E-state index contributed by atoms with van der Waals surface area (Å²) in [5.41, 5.74) is 3.58. The number of thiocarbonyl (C=S) groups is 1. The molecule has 0 heterocycles. The molecule has 0 bridgehead atoms. The van der Waals surface area contributed by atoms with Crippen LogP contribution in [0.3, 0.4) is 0 Å². The van der Waals surface area contributed by atoms with Crippen molar-refractivity contribution in [2.24, 2.45) is 0 Å². The lowest BCUT2D eigenvalue weighted by Gasteiger charge is -2.26. The first-order valence-corrected chi connectivity index (χ1v) is 6.41. The number of anilines is 1. The average molecular weight is 250 g/mol. The first kappa shape index (κ1) is 14.0. The maximum atomic E-state index is 5.32. The monoisotopic (exact) mass is 250 g/mol. The summed E-state index contributed by atoms with van der Waals surface area (Å²) in [6.45, 7) is 10.6. The lowest BCUT2D eigenvalue weighted by atomic mass is 10.0. The predicted molar refractivity (Wildman–Crippen MR) is 79.6 cm³/mol. The molecule has 0 atom stereocenters. The number of benzene rings is 1. The Hall–Kier alpha value is -1.09. The van der Waals surface area contributed by atoms with Crippen LogP contribution in [-0.2, 0) is 0 Å². The maximum absolute atomic E-state index is 5.32. The van der Waals surface area contributed by atoms with Gasteiger partial charge in [-0.15, -0.1) is 0 Å². The second kappa shape index (κ2) is 5.50. The van der Waals surface area contributed by atoms with E-state index in [1.807, 2.05) is 0 Å². The summed E-state index contributed by atoms with van der Waals surface area (Å²) >= 11 is 5.32. The van der Waals surface area contributed by atoms with E-state index in [1.54, 1.807) is 0 Å². The molecule has 0 saturated carbocycles. The third-order valence-corrected chi connectivity index (χ3v) is 3.17. The van der Waals surface area contributed by atoms with Crippen molar-refractivity contribution in [1.29, 1.82) is 0 Å². The molecule has 0 aliphatic heterocycles. The Bertz CT molecular complexity index is 411. The van der Waals surface area contributed by atoms with Crippen LogP contribution in [0.2, 0.25) is 0 Å². The molecular weight excluding hydrogens is 228 g/mol. The van der Waals surface area contributed by atoms with E-state index >= 15 is 0 Å². The van der Waals surface area contributed by atoms with E-state index in [0.29, 0.717) is 5.11 Å². The highest BCUT2D eigenvalue weighted by Crippen LogP contribution is 2.16. The third-order valence-electron chi connectivity index (χ3n) is 2.97. The molecule has 17 heavy (non-hydrogen) atoms. The molecule has 1 rings (SSSR count). The van der Waals surface area contributed by atoms with E-state index in [4.69, 9.17) is 12.2 Å². The fourth-order valence-electron chi connectivity index (χ4n) is 1.50. The van der Waals surface area contributed by atoms with Gasteiger partial charge in [0.05, 0.1) is 0 Å². The van der Waals surface area contributed by atoms with Crippen LogP contribution in [0.15, 0.2) is 18.2 Å². The molecule has 94 valence electrons. The van der Waals surface area contributed by atoms with Crippen molar-refractivity contribution < 1.29 is 0 Å². The Morgan fingerprint density at radius 1 is 1.29 bits per heavy atom. The first-order chi connectivity index (χ1) is 7.84. The third kappa shape index (κ3) is 4.35. The molecule has 2 N–H and O–H groups in total. The van der Waals surface area contributed by atoms with Gasteiger partial charge in [-0.3, -0.25) is 0 Å². The second-order valence-electron chi connectivity index (χ2n) is 5.13. The van der Waals surface area contributed by atoms with Crippen LogP contribution < -0.4 is 10.6 Å². The lowest BCUT2D eigenvalue weighted by molar-refractivity contribution is 0.448. The summed E-state index contributed by atoms with van der Waals surface area (Å²) in [4.78, 5) is 0. The van der Waals surface area contributed by atoms with E-state index in [0.717, 1.165) is 12.1 Å². The molecule has 0 amide bonds. The highest BCUT2D eigenvalue weighted by atomic mass is 32.1. The van der Waals surface area contributed by atoms with E-state index in [2.05, 4.69) is 63.5 Å². The molecule has 1 aromatic rings. The van der Waals surface area contributed by atoms with Crippen LogP contribution in [-0.4, -0.2) is 10.7 Å². The molecule has 2 nitrogen and oxygen atoms in total. The standard InChI is InChI=1S/C14H22N2S/c1-6-14(4,5)16-13(17)15-12-8-7-10(2)9-11(12)3/h7-9H,6H2,1-5H3,(H2,15,16,17). The Morgan fingerprint density at radius 3 is 2.47 bits per heavy atom. The second-order valence-corrected chi connectivity index (χ2v) is 5.54. The molecule has 0 fully saturated rings. The molecular formula is C14H22N2S. The zero-order chi connectivity index (χ0) is 13.1. The molecule has 0 aliphatic rings. The smallest absolute Gasteiger partial charge is 0.171 e. The van der Waals surface area contributed by atoms with E-state index < -0.39 is 0 Å². The largest absolute Gasteiger partial charge is 0.358 e. The molecule has 0 unspecified atom stereocenters. The highest BCUT2D eigenvalue weighted by molar-refractivity contribution is 7.80. The molecule has 0 radical (unpaired) electrons. The Balaban J connectivity index is 2.69. The van der Waals surface area contributed by atoms with Gasteiger partial charge in [0, 0.05) is 11.2 Å². The van der Waals surface area contributed by atoms with Gasteiger partial charge in [0.25, 0.3) is 0 Å². The van der Waals surface area contributed by atoms with Crippen molar-refractivity contribution in [2.45, 2.75) is 46.6 Å². The highest BCUT2D eigenvalue weighted by Gasteiger charge is 2.15. The van der Waals surface area contributed by atoms with Crippen LogP contribution in [0, 0.1) is 13.8 Å². The molecule has 0 aliphatic carbocycles. The topological polar surface area (TPSA) is 24.1 Å². The van der Waals surface area contributed by atoms with Crippen molar-refractivity contribution in [3.05, 3.63) is 29.3 Å². The fourth-order valence-corrected chi connectivity index (χ4v) is 1.89. The Morgan fingerprint density at radius 2 is 1.94 bits per heavy atom. The number of hydrogen-bond acceptors (Lipinski definition) is 1. The predicted octanol–water partition coefficient (Wildman–Crippen LogP) is 3.78. The van der Waals surface area contributed by atoms with Crippen molar-refractivity contribution in [3.8, 4) is 0 Å². The molecule has 0 aromatic heterocycles. The maximum Gasteiger partial charge on any atom is 0.171 e. The minimum Gasteiger partial charge on any atom is -0.358 e. The Kier molecular flexibility index (Phi) is 4.52. The number of hydrogen-bond donors (Lipinski definition) is 2. The molecule has 0 saturated heterocycles. The fraction of sp³-hybridized carbons (Fsp3) is 0.500. The zero-order valence-corrected chi connectivity index (χ0v) is 12.2. The quantitative estimate of drug-likeness (QED) is 0.798. The number of nitrogens with one attached hydrogen (secondary N) is 2. The van der Waals surface area contributed by atoms with Gasteiger partial charge in [-0.1, -0.05) is 24.6 Å². The molecule has 3 heteroatoms. The summed E-state index contributed by atoms with van der Waals surface area (Å²) in [5, 5.41) is 7.25. The van der Waals surface area contributed by atoms with E-state index in [9.17, 15) is 0 Å². The number of aryl methyl sites for hydroxylation is 2. The van der Waals surface area contributed by atoms with Gasteiger partial charge in [0.1, 0.15) is 0 Å². The molecule has 1 aromatic carbocycles.